The van der Waals surface area contributed by atoms with Crippen molar-refractivity contribution in [3.8, 4) is 11.5 Å². The number of ether oxygens (including phenoxy) is 3. The number of aliphatic hydroxyl groups is 1. The van der Waals surface area contributed by atoms with Crippen LogP contribution in [0.5, 0.6) is 11.5 Å². The number of carbonyl (C=O) groups is 1. The smallest absolute Gasteiger partial charge is 0.246 e. The first-order valence-corrected chi connectivity index (χ1v) is 11.2. The Hall–Kier alpha value is -1.87. The molecule has 0 bridgehead atoms. The maximum atomic E-state index is 11.7. The molecule has 0 aromatic heterocycles. The third-order valence-electron chi connectivity index (χ3n) is 6.16. The first kappa shape index (κ1) is 23.8. The fourth-order valence-electron chi connectivity index (χ4n) is 4.27. The highest BCUT2D eigenvalue weighted by molar-refractivity contribution is 5.77. The molecule has 8 nitrogen and oxygen atoms in total. The number of methoxy groups -OCH3 is 2. The minimum atomic E-state index is -0.594. The predicted octanol–water partition coefficient (Wildman–Crippen LogP) is 1.11. The summed E-state index contributed by atoms with van der Waals surface area (Å²) in [6, 6.07) is 5.69. The number of aliphatic hydroxyl groups excluding tert-OH is 1. The molecule has 2 saturated heterocycles. The summed E-state index contributed by atoms with van der Waals surface area (Å²) in [5, 5.41) is 13.1. The van der Waals surface area contributed by atoms with E-state index in [0.29, 0.717) is 26.2 Å². The Kier molecular flexibility index (Phi) is 8.95. The van der Waals surface area contributed by atoms with Crippen molar-refractivity contribution in [1.29, 1.82) is 0 Å². The van der Waals surface area contributed by atoms with Gasteiger partial charge < -0.3 is 24.6 Å². The van der Waals surface area contributed by atoms with Gasteiger partial charge in [0.25, 0.3) is 0 Å². The fraction of sp³-hybridized carbons (Fsp3) is 0.696. The molecule has 2 aliphatic heterocycles. The lowest BCUT2D eigenvalue weighted by molar-refractivity contribution is -0.125. The molecule has 8 heteroatoms. The van der Waals surface area contributed by atoms with Crippen molar-refractivity contribution in [2.24, 2.45) is 5.92 Å². The van der Waals surface area contributed by atoms with Crippen molar-refractivity contribution < 1.29 is 24.1 Å². The van der Waals surface area contributed by atoms with Gasteiger partial charge in [-0.15, -0.1) is 0 Å². The van der Waals surface area contributed by atoms with Gasteiger partial charge in [0.05, 0.1) is 19.3 Å². The van der Waals surface area contributed by atoms with Crippen LogP contribution in [0.1, 0.15) is 25.3 Å². The van der Waals surface area contributed by atoms with Gasteiger partial charge in [-0.25, -0.2) is 0 Å². The molecule has 0 spiro atoms. The Bertz CT molecular complexity index is 708. The van der Waals surface area contributed by atoms with Gasteiger partial charge in [0, 0.05) is 33.3 Å². The molecule has 1 amide bonds. The van der Waals surface area contributed by atoms with Crippen LogP contribution in [0.15, 0.2) is 18.2 Å². The van der Waals surface area contributed by atoms with Gasteiger partial charge in [-0.2, -0.15) is 0 Å². The molecule has 1 aromatic carbocycles. The number of piperidine rings is 1. The molecule has 2 atom stereocenters. The highest BCUT2D eigenvalue weighted by Crippen LogP contribution is 2.29. The van der Waals surface area contributed by atoms with Crippen molar-refractivity contribution in [2.45, 2.75) is 38.5 Å². The molecule has 2 heterocycles. The summed E-state index contributed by atoms with van der Waals surface area (Å²) in [6.45, 7) is 7.95. The van der Waals surface area contributed by atoms with E-state index in [-0.39, 0.29) is 18.6 Å². The van der Waals surface area contributed by atoms with Gasteiger partial charge in [0.2, 0.25) is 5.91 Å². The zero-order valence-corrected chi connectivity index (χ0v) is 19.0. The van der Waals surface area contributed by atoms with Gasteiger partial charge in [-0.3, -0.25) is 14.6 Å². The lowest BCUT2D eigenvalue weighted by atomic mass is 9.99. The summed E-state index contributed by atoms with van der Waals surface area (Å²) in [5.41, 5.74) is 1.07. The van der Waals surface area contributed by atoms with Gasteiger partial charge >= 0.3 is 0 Å². The van der Waals surface area contributed by atoms with Crippen LogP contribution in [0.2, 0.25) is 0 Å². The lowest BCUT2D eigenvalue weighted by Gasteiger charge is -2.30. The normalized spacial score (nSPS) is 23.1. The second-order valence-corrected chi connectivity index (χ2v) is 8.73. The van der Waals surface area contributed by atoms with Crippen LogP contribution in [-0.4, -0.2) is 93.1 Å². The van der Waals surface area contributed by atoms with E-state index in [2.05, 4.69) is 22.0 Å². The first-order valence-electron chi connectivity index (χ1n) is 11.2. The highest BCUT2D eigenvalue weighted by Gasteiger charge is 2.32. The number of nitrogens with zero attached hydrogens (tertiary/aromatic N) is 2. The van der Waals surface area contributed by atoms with Crippen LogP contribution < -0.4 is 14.8 Å². The average molecular weight is 436 g/mol. The topological polar surface area (TPSA) is 83.5 Å². The zero-order valence-electron chi connectivity index (χ0n) is 19.0. The summed E-state index contributed by atoms with van der Waals surface area (Å²) in [6.07, 6.45) is 1.93. The monoisotopic (exact) mass is 435 g/mol. The van der Waals surface area contributed by atoms with E-state index in [0.717, 1.165) is 42.6 Å². The molecule has 1 aromatic rings. The molecule has 3 rings (SSSR count). The Morgan fingerprint density at radius 3 is 2.65 bits per heavy atom. The molecule has 0 aliphatic carbocycles. The standard InChI is InChI=1S/C23H37N3O5/c1-17-6-8-25(9-7-17)10-11-31-21-5-4-18(12-22(21)30-3)13-26-14-19(20(27)15-26)24-23(28)16-29-2/h4-5,12,17,19-20,27H,6-11,13-16H2,1-3H3,(H,24,28)/t19-,20-/m1/s1. The molecular weight excluding hydrogens is 398 g/mol. The van der Waals surface area contributed by atoms with E-state index in [4.69, 9.17) is 14.2 Å². The van der Waals surface area contributed by atoms with Crippen molar-refractivity contribution in [1.82, 2.24) is 15.1 Å². The van der Waals surface area contributed by atoms with Gasteiger partial charge in [0.1, 0.15) is 13.2 Å². The molecule has 0 unspecified atom stereocenters. The zero-order chi connectivity index (χ0) is 22.2. The van der Waals surface area contributed by atoms with Crippen LogP contribution in [-0.2, 0) is 16.1 Å². The number of β-amino-alcohol motifs (C(OH)–C–C–N with tert-alkyl or cyclic N) is 1. The summed E-state index contributed by atoms with van der Waals surface area (Å²) >= 11 is 0. The lowest BCUT2D eigenvalue weighted by Crippen LogP contribution is -2.44. The number of hydrogen-bond donors (Lipinski definition) is 2. The average Bonchev–Trinajstić information content (AvgIpc) is 3.09. The Balaban J connectivity index is 1.48. The van der Waals surface area contributed by atoms with Crippen molar-refractivity contribution >= 4 is 5.91 Å². The summed E-state index contributed by atoms with van der Waals surface area (Å²) in [7, 11) is 3.13. The number of likely N-dealkylation sites (tertiary alicyclic amines) is 2. The second-order valence-electron chi connectivity index (χ2n) is 8.73. The minimum absolute atomic E-state index is 0.00123. The van der Waals surface area contributed by atoms with Gasteiger partial charge in [-0.05, 0) is 49.5 Å². The summed E-state index contributed by atoms with van der Waals surface area (Å²) in [5.74, 6) is 2.09. The maximum Gasteiger partial charge on any atom is 0.246 e. The van der Waals surface area contributed by atoms with Crippen LogP contribution in [0.4, 0.5) is 0 Å². The molecule has 31 heavy (non-hydrogen) atoms. The van der Waals surface area contributed by atoms with Crippen LogP contribution in [0, 0.1) is 5.92 Å². The van der Waals surface area contributed by atoms with Crippen molar-refractivity contribution in [3.05, 3.63) is 23.8 Å². The summed E-state index contributed by atoms with van der Waals surface area (Å²) in [4.78, 5) is 16.3. The van der Waals surface area contributed by atoms with E-state index in [1.54, 1.807) is 7.11 Å². The molecule has 2 aliphatic rings. The van der Waals surface area contributed by atoms with E-state index >= 15 is 0 Å². The molecule has 2 N–H and O–H groups in total. The SMILES string of the molecule is COCC(=O)N[C@@H]1CN(Cc2ccc(OCCN3CCC(C)CC3)c(OC)c2)C[C@H]1O. The van der Waals surface area contributed by atoms with Crippen molar-refractivity contribution in [3.63, 3.8) is 0 Å². The number of amides is 1. The molecule has 0 radical (unpaired) electrons. The number of rotatable bonds is 10. The van der Waals surface area contributed by atoms with E-state index < -0.39 is 6.10 Å². The number of hydrogen-bond acceptors (Lipinski definition) is 7. The van der Waals surface area contributed by atoms with Crippen LogP contribution >= 0.6 is 0 Å². The molecule has 2 fully saturated rings. The Morgan fingerprint density at radius 2 is 1.94 bits per heavy atom. The van der Waals surface area contributed by atoms with Crippen molar-refractivity contribution in [2.75, 3.05) is 60.2 Å². The van der Waals surface area contributed by atoms with E-state index in [9.17, 15) is 9.90 Å². The molecule has 0 saturated carbocycles. The fourth-order valence-corrected chi connectivity index (χ4v) is 4.27. The number of benzene rings is 1. The first-order chi connectivity index (χ1) is 15.0. The second kappa shape index (κ2) is 11.7. The quantitative estimate of drug-likeness (QED) is 0.570. The maximum absolute atomic E-state index is 11.7. The van der Waals surface area contributed by atoms with Gasteiger partial charge in [-0.1, -0.05) is 13.0 Å². The number of nitrogens with one attached hydrogen (secondary N) is 1. The third kappa shape index (κ3) is 7.07. The minimum Gasteiger partial charge on any atom is -0.493 e. The highest BCUT2D eigenvalue weighted by atomic mass is 16.5. The predicted molar refractivity (Wildman–Crippen MR) is 118 cm³/mol. The number of carbonyl (C=O) groups excluding carboxylic acids is 1. The Labute approximate surface area is 185 Å². The van der Waals surface area contributed by atoms with Crippen LogP contribution in [0.25, 0.3) is 0 Å². The third-order valence-corrected chi connectivity index (χ3v) is 6.16. The summed E-state index contributed by atoms with van der Waals surface area (Å²) < 4.78 is 16.4. The van der Waals surface area contributed by atoms with E-state index in [1.165, 1.54) is 20.0 Å². The largest absolute Gasteiger partial charge is 0.493 e. The van der Waals surface area contributed by atoms with Gasteiger partial charge in [0.15, 0.2) is 11.5 Å². The van der Waals surface area contributed by atoms with E-state index in [1.807, 2.05) is 18.2 Å². The molecular formula is C23H37N3O5. The molecule has 174 valence electrons. The van der Waals surface area contributed by atoms with Crippen LogP contribution in [0.3, 0.4) is 0 Å². The Morgan fingerprint density at radius 1 is 1.16 bits per heavy atom.